The molecule has 142 valence electrons. The molecular weight excluding hydrogens is 372 g/mol. The van der Waals surface area contributed by atoms with Gasteiger partial charge in [0.05, 0.1) is 25.2 Å². The maximum absolute atomic E-state index is 13.4. The molecule has 5 rings (SSSR count). The van der Waals surface area contributed by atoms with Gasteiger partial charge in [-0.05, 0) is 30.3 Å². The third-order valence-electron chi connectivity index (χ3n) is 4.81. The van der Waals surface area contributed by atoms with Crippen molar-refractivity contribution in [3.63, 3.8) is 0 Å². The Labute approximate surface area is 163 Å². The minimum Gasteiger partial charge on any atom is -0.506 e. The van der Waals surface area contributed by atoms with E-state index in [2.05, 4.69) is 14.7 Å². The highest BCUT2D eigenvalue weighted by Crippen LogP contribution is 2.27. The molecule has 0 unspecified atom stereocenters. The Bertz CT molecular complexity index is 1480. The molecule has 1 aromatic carbocycles. The van der Waals surface area contributed by atoms with Crippen LogP contribution in [0.25, 0.3) is 33.3 Å². The number of ether oxygens (including phenoxy) is 1. The summed E-state index contributed by atoms with van der Waals surface area (Å²) in [5.41, 5.74) is 2.03. The molecular formula is C21H14N4O4. The molecule has 0 bridgehead atoms. The first-order valence-electron chi connectivity index (χ1n) is 8.78. The molecule has 0 saturated heterocycles. The molecule has 8 heteroatoms. The van der Waals surface area contributed by atoms with Crippen molar-refractivity contribution < 1.29 is 14.6 Å². The van der Waals surface area contributed by atoms with Gasteiger partial charge in [0.2, 0.25) is 0 Å². The number of hydrogen-bond donors (Lipinski definition) is 1. The number of methoxy groups -OCH3 is 1. The number of benzene rings is 1. The summed E-state index contributed by atoms with van der Waals surface area (Å²) in [7, 11) is 1.28. The molecule has 29 heavy (non-hydrogen) atoms. The number of aromatic hydroxyl groups is 1. The third-order valence-corrected chi connectivity index (χ3v) is 4.81. The molecule has 0 aliphatic rings. The minimum absolute atomic E-state index is 0.0446. The molecule has 0 atom stereocenters. The van der Waals surface area contributed by atoms with Gasteiger partial charge in [0, 0.05) is 10.8 Å². The van der Waals surface area contributed by atoms with Gasteiger partial charge < -0.3 is 9.84 Å². The van der Waals surface area contributed by atoms with Gasteiger partial charge in [0.25, 0.3) is 5.56 Å². The summed E-state index contributed by atoms with van der Waals surface area (Å²) in [6, 6.07) is 13.6. The second-order valence-electron chi connectivity index (χ2n) is 6.48. The zero-order valence-corrected chi connectivity index (χ0v) is 15.2. The van der Waals surface area contributed by atoms with E-state index in [9.17, 15) is 14.7 Å². The maximum Gasteiger partial charge on any atom is 0.356 e. The highest BCUT2D eigenvalue weighted by molar-refractivity contribution is 6.04. The second-order valence-corrected chi connectivity index (χ2v) is 6.48. The Morgan fingerprint density at radius 2 is 1.86 bits per heavy atom. The number of imidazole rings is 1. The van der Waals surface area contributed by atoms with E-state index >= 15 is 0 Å². The number of rotatable bonds is 2. The summed E-state index contributed by atoms with van der Waals surface area (Å²) in [5.74, 6) is -0.518. The Kier molecular flexibility index (Phi) is 3.60. The smallest absolute Gasteiger partial charge is 0.356 e. The van der Waals surface area contributed by atoms with Crippen LogP contribution in [-0.2, 0) is 4.74 Å². The van der Waals surface area contributed by atoms with Crippen LogP contribution in [0.2, 0.25) is 0 Å². The van der Waals surface area contributed by atoms with Crippen LogP contribution in [0, 0.1) is 0 Å². The fourth-order valence-electron chi connectivity index (χ4n) is 3.49. The number of aromatic nitrogens is 4. The quantitative estimate of drug-likeness (QED) is 0.469. The van der Waals surface area contributed by atoms with E-state index in [1.165, 1.54) is 30.1 Å². The maximum atomic E-state index is 13.4. The summed E-state index contributed by atoms with van der Waals surface area (Å²) < 4.78 is 7.82. The fraction of sp³-hybridized carbons (Fsp3) is 0.0476. The molecule has 4 aromatic heterocycles. The van der Waals surface area contributed by atoms with Crippen LogP contribution in [-0.4, -0.2) is 37.1 Å². The predicted molar refractivity (Wildman–Crippen MR) is 107 cm³/mol. The number of esters is 1. The number of carbonyl (C=O) groups is 1. The lowest BCUT2D eigenvalue weighted by atomic mass is 10.1. The average Bonchev–Trinajstić information content (AvgIpc) is 3.12. The largest absolute Gasteiger partial charge is 0.506 e. The van der Waals surface area contributed by atoms with E-state index in [0.29, 0.717) is 33.3 Å². The summed E-state index contributed by atoms with van der Waals surface area (Å²) in [4.78, 5) is 33.9. The Morgan fingerprint density at radius 3 is 2.59 bits per heavy atom. The molecule has 0 radical (unpaired) electrons. The number of carbonyl (C=O) groups excluding carboxylic acids is 1. The van der Waals surface area contributed by atoms with E-state index in [1.54, 1.807) is 34.7 Å². The highest BCUT2D eigenvalue weighted by Gasteiger charge is 2.18. The molecule has 4 heterocycles. The molecule has 8 nitrogen and oxygen atoms in total. The number of hydrogen-bond acceptors (Lipinski definition) is 6. The lowest BCUT2D eigenvalue weighted by molar-refractivity contribution is 0.0594. The van der Waals surface area contributed by atoms with Gasteiger partial charge in [-0.3, -0.25) is 13.8 Å². The van der Waals surface area contributed by atoms with Crippen molar-refractivity contribution in [2.45, 2.75) is 0 Å². The van der Waals surface area contributed by atoms with Gasteiger partial charge >= 0.3 is 5.97 Å². The predicted octanol–water partition coefficient (Wildman–Crippen LogP) is 2.68. The first-order chi connectivity index (χ1) is 14.1. The zero-order chi connectivity index (χ0) is 20.1. The van der Waals surface area contributed by atoms with Crippen LogP contribution in [0.4, 0.5) is 0 Å². The van der Waals surface area contributed by atoms with E-state index in [4.69, 9.17) is 0 Å². The average molecular weight is 386 g/mol. The van der Waals surface area contributed by atoms with Crippen LogP contribution in [0.15, 0.2) is 65.7 Å². The Morgan fingerprint density at radius 1 is 1.07 bits per heavy atom. The number of pyridine rings is 3. The first-order valence-corrected chi connectivity index (χ1v) is 8.78. The SMILES string of the molecule is COC(=O)c1ccc(-n2c(=O)c3ccccc3c3nc4ccc(O)cn4c32)cn1. The summed E-state index contributed by atoms with van der Waals surface area (Å²) in [6.45, 7) is 0. The summed E-state index contributed by atoms with van der Waals surface area (Å²) in [5, 5.41) is 11.2. The van der Waals surface area contributed by atoms with Crippen LogP contribution >= 0.6 is 0 Å². The van der Waals surface area contributed by atoms with Crippen LogP contribution in [0.1, 0.15) is 10.5 Å². The van der Waals surface area contributed by atoms with Crippen molar-refractivity contribution in [2.75, 3.05) is 7.11 Å². The molecule has 0 amide bonds. The Hall–Kier alpha value is -4.20. The van der Waals surface area contributed by atoms with Crippen molar-refractivity contribution in [1.29, 1.82) is 0 Å². The topological polar surface area (TPSA) is 98.7 Å². The van der Waals surface area contributed by atoms with Crippen LogP contribution < -0.4 is 5.56 Å². The molecule has 0 aliphatic carbocycles. The van der Waals surface area contributed by atoms with E-state index in [1.807, 2.05) is 12.1 Å². The molecule has 0 spiro atoms. The van der Waals surface area contributed by atoms with E-state index in [-0.39, 0.29) is 17.0 Å². The monoisotopic (exact) mass is 386 g/mol. The van der Waals surface area contributed by atoms with Gasteiger partial charge in [-0.2, -0.15) is 0 Å². The van der Waals surface area contributed by atoms with Crippen molar-refractivity contribution >= 4 is 33.6 Å². The van der Waals surface area contributed by atoms with Crippen molar-refractivity contribution in [3.05, 3.63) is 77.0 Å². The lowest BCUT2D eigenvalue weighted by Crippen LogP contribution is -2.20. The van der Waals surface area contributed by atoms with Crippen molar-refractivity contribution in [2.24, 2.45) is 0 Å². The first kappa shape index (κ1) is 16.9. The van der Waals surface area contributed by atoms with Gasteiger partial charge in [-0.25, -0.2) is 14.8 Å². The minimum atomic E-state index is -0.563. The van der Waals surface area contributed by atoms with Gasteiger partial charge in [0.15, 0.2) is 5.65 Å². The molecule has 0 aliphatic heterocycles. The number of fused-ring (bicyclic) bond motifs is 5. The summed E-state index contributed by atoms with van der Waals surface area (Å²) in [6.07, 6.45) is 2.94. The van der Waals surface area contributed by atoms with Gasteiger partial charge in [-0.1, -0.05) is 18.2 Å². The third kappa shape index (κ3) is 2.46. The number of nitrogens with zero attached hydrogens (tertiary/aromatic N) is 4. The molecule has 5 aromatic rings. The molecule has 0 fully saturated rings. The lowest BCUT2D eigenvalue weighted by Gasteiger charge is -2.11. The molecule has 1 N–H and O–H groups in total. The van der Waals surface area contributed by atoms with E-state index in [0.717, 1.165) is 0 Å². The van der Waals surface area contributed by atoms with Crippen LogP contribution in [0.5, 0.6) is 5.75 Å². The second kappa shape index (κ2) is 6.16. The highest BCUT2D eigenvalue weighted by atomic mass is 16.5. The van der Waals surface area contributed by atoms with Crippen molar-refractivity contribution in [3.8, 4) is 11.4 Å². The summed E-state index contributed by atoms with van der Waals surface area (Å²) >= 11 is 0. The Balaban J connectivity index is 1.94. The zero-order valence-electron chi connectivity index (χ0n) is 15.2. The van der Waals surface area contributed by atoms with Crippen molar-refractivity contribution in [1.82, 2.24) is 18.9 Å². The normalized spacial score (nSPS) is 11.3. The van der Waals surface area contributed by atoms with Gasteiger partial charge in [-0.15, -0.1) is 0 Å². The standard InChI is InChI=1S/C21H14N4O4/c1-29-21(28)16-8-6-12(10-22-16)25-19-18(14-4-2-3-5-15(14)20(25)27)23-17-9-7-13(26)11-24(17)19/h2-11,26H,1H3. The molecule has 0 saturated carbocycles. The van der Waals surface area contributed by atoms with Gasteiger partial charge in [0.1, 0.15) is 22.6 Å². The fourth-order valence-corrected chi connectivity index (χ4v) is 3.49. The van der Waals surface area contributed by atoms with E-state index < -0.39 is 5.97 Å². The van der Waals surface area contributed by atoms with Crippen LogP contribution in [0.3, 0.4) is 0 Å².